The number of hydrogen-bond donors (Lipinski definition) is 1. The van der Waals surface area contributed by atoms with Gasteiger partial charge in [0.05, 0.1) is 6.42 Å². The molecule has 4 nitrogen and oxygen atoms in total. The zero-order valence-electron chi connectivity index (χ0n) is 17.8. The molecule has 2 aromatic rings. The van der Waals surface area contributed by atoms with E-state index < -0.39 is 0 Å². The summed E-state index contributed by atoms with van der Waals surface area (Å²) in [6, 6.07) is 14.3. The van der Waals surface area contributed by atoms with Crippen molar-refractivity contribution in [2.24, 2.45) is 5.92 Å². The van der Waals surface area contributed by atoms with Crippen LogP contribution in [0.1, 0.15) is 48.9 Å². The smallest absolute Gasteiger partial charge is 0.227 e. The molecular formula is C25H32N2O2. The molecule has 1 heterocycles. The van der Waals surface area contributed by atoms with Gasteiger partial charge in [0, 0.05) is 24.7 Å². The topological polar surface area (TPSA) is 49.4 Å². The molecular weight excluding hydrogens is 360 g/mol. The molecule has 3 rings (SSSR count). The summed E-state index contributed by atoms with van der Waals surface area (Å²) in [4.78, 5) is 27.5. The Morgan fingerprint density at radius 3 is 2.10 bits per heavy atom. The van der Waals surface area contributed by atoms with Crippen LogP contribution >= 0.6 is 0 Å². The lowest BCUT2D eigenvalue weighted by molar-refractivity contribution is -0.133. The normalized spacial score (nSPS) is 14.7. The fraction of sp³-hybridized carbons (Fsp3) is 0.440. The van der Waals surface area contributed by atoms with E-state index in [0.29, 0.717) is 19.5 Å². The lowest BCUT2D eigenvalue weighted by atomic mass is 9.94. The molecule has 1 saturated heterocycles. The van der Waals surface area contributed by atoms with Gasteiger partial charge in [0.2, 0.25) is 11.8 Å². The average molecular weight is 393 g/mol. The van der Waals surface area contributed by atoms with Crippen molar-refractivity contribution in [3.63, 3.8) is 0 Å². The number of nitrogens with zero attached hydrogens (tertiary/aromatic N) is 1. The predicted molar refractivity (Wildman–Crippen MR) is 118 cm³/mol. The third-order valence-corrected chi connectivity index (χ3v) is 6.07. The second-order valence-electron chi connectivity index (χ2n) is 7.91. The van der Waals surface area contributed by atoms with Gasteiger partial charge in [-0.05, 0) is 54.9 Å². The van der Waals surface area contributed by atoms with Crippen LogP contribution in [0.2, 0.25) is 0 Å². The minimum Gasteiger partial charge on any atom is -0.342 e. The standard InChI is InChI=1S/C25H32N2O2/c1-4-19-11-8-12-20(5-2)24(19)26-25(29)21-13-15-27(16-14-21)23(28)17-22-10-7-6-9-18(22)3/h6-12,21H,4-5,13-17H2,1-3H3,(H,26,29). The fourth-order valence-electron chi connectivity index (χ4n) is 4.10. The Morgan fingerprint density at radius 1 is 0.931 bits per heavy atom. The first-order valence-corrected chi connectivity index (χ1v) is 10.8. The van der Waals surface area contributed by atoms with Crippen LogP contribution in [0.15, 0.2) is 42.5 Å². The van der Waals surface area contributed by atoms with E-state index in [4.69, 9.17) is 0 Å². The zero-order chi connectivity index (χ0) is 20.8. The lowest BCUT2D eigenvalue weighted by Crippen LogP contribution is -2.42. The van der Waals surface area contributed by atoms with Gasteiger partial charge >= 0.3 is 0 Å². The average Bonchev–Trinajstić information content (AvgIpc) is 2.75. The van der Waals surface area contributed by atoms with Crippen LogP contribution in [0.3, 0.4) is 0 Å². The van der Waals surface area contributed by atoms with E-state index in [1.165, 1.54) is 11.1 Å². The minimum absolute atomic E-state index is 0.0351. The summed E-state index contributed by atoms with van der Waals surface area (Å²) in [5.74, 6) is 0.210. The van der Waals surface area contributed by atoms with Gasteiger partial charge in [0.15, 0.2) is 0 Å². The van der Waals surface area contributed by atoms with E-state index in [2.05, 4.69) is 37.4 Å². The van der Waals surface area contributed by atoms with E-state index in [1.807, 2.05) is 36.1 Å². The van der Waals surface area contributed by atoms with E-state index in [1.54, 1.807) is 0 Å². The molecule has 2 aromatic carbocycles. The van der Waals surface area contributed by atoms with Crippen molar-refractivity contribution in [2.45, 2.75) is 52.9 Å². The molecule has 1 fully saturated rings. The molecule has 0 unspecified atom stereocenters. The van der Waals surface area contributed by atoms with Crippen LogP contribution in [0.4, 0.5) is 5.69 Å². The first-order chi connectivity index (χ1) is 14.0. The zero-order valence-corrected chi connectivity index (χ0v) is 17.8. The molecule has 0 aliphatic carbocycles. The van der Waals surface area contributed by atoms with Crippen LogP contribution < -0.4 is 5.32 Å². The van der Waals surface area contributed by atoms with Crippen LogP contribution in [-0.2, 0) is 28.9 Å². The Labute approximate surface area is 174 Å². The second kappa shape index (κ2) is 9.73. The molecule has 1 aliphatic heterocycles. The van der Waals surface area contributed by atoms with Crippen molar-refractivity contribution in [1.82, 2.24) is 4.90 Å². The number of benzene rings is 2. The van der Waals surface area contributed by atoms with Gasteiger partial charge in [-0.1, -0.05) is 56.3 Å². The number of hydrogen-bond acceptors (Lipinski definition) is 2. The van der Waals surface area contributed by atoms with Gasteiger partial charge in [0.25, 0.3) is 0 Å². The maximum absolute atomic E-state index is 12.9. The highest BCUT2D eigenvalue weighted by Crippen LogP contribution is 2.26. The van der Waals surface area contributed by atoms with Crippen LogP contribution in [0.5, 0.6) is 0 Å². The summed E-state index contributed by atoms with van der Waals surface area (Å²) in [5, 5.41) is 3.20. The first kappa shape index (κ1) is 21.1. The molecule has 0 spiro atoms. The molecule has 0 radical (unpaired) electrons. The van der Waals surface area contributed by atoms with Crippen molar-refractivity contribution in [1.29, 1.82) is 0 Å². The molecule has 154 valence electrons. The van der Waals surface area contributed by atoms with Gasteiger partial charge in [0.1, 0.15) is 0 Å². The molecule has 29 heavy (non-hydrogen) atoms. The third kappa shape index (κ3) is 5.06. The summed E-state index contributed by atoms with van der Waals surface area (Å²) in [5.41, 5.74) is 5.59. The number of amides is 2. The van der Waals surface area contributed by atoms with Crippen LogP contribution in [0.25, 0.3) is 0 Å². The number of anilines is 1. The highest BCUT2D eigenvalue weighted by molar-refractivity contribution is 5.94. The fourth-order valence-corrected chi connectivity index (χ4v) is 4.10. The predicted octanol–water partition coefficient (Wildman–Crippen LogP) is 4.54. The number of piperidine rings is 1. The van der Waals surface area contributed by atoms with Crippen LogP contribution in [-0.4, -0.2) is 29.8 Å². The Bertz CT molecular complexity index is 845. The molecule has 0 aromatic heterocycles. The number of carbonyl (C=O) groups is 2. The summed E-state index contributed by atoms with van der Waals surface area (Å²) in [6.07, 6.45) is 3.68. The monoisotopic (exact) mass is 392 g/mol. The molecule has 4 heteroatoms. The number of aryl methyl sites for hydroxylation is 3. The third-order valence-electron chi connectivity index (χ3n) is 6.07. The van der Waals surface area contributed by atoms with Gasteiger partial charge < -0.3 is 10.2 Å². The van der Waals surface area contributed by atoms with E-state index in [0.717, 1.165) is 42.5 Å². The van der Waals surface area contributed by atoms with E-state index in [-0.39, 0.29) is 17.7 Å². The van der Waals surface area contributed by atoms with Crippen LogP contribution in [0, 0.1) is 12.8 Å². The molecule has 1 aliphatic rings. The number of likely N-dealkylation sites (tertiary alicyclic amines) is 1. The van der Waals surface area contributed by atoms with Gasteiger partial charge in [-0.25, -0.2) is 0 Å². The molecule has 0 saturated carbocycles. The minimum atomic E-state index is -0.0351. The molecule has 2 amide bonds. The summed E-state index contributed by atoms with van der Waals surface area (Å²) < 4.78 is 0. The van der Waals surface area contributed by atoms with E-state index >= 15 is 0 Å². The SMILES string of the molecule is CCc1cccc(CC)c1NC(=O)C1CCN(C(=O)Cc2ccccc2C)CC1. The van der Waals surface area contributed by atoms with Crippen molar-refractivity contribution in [3.05, 3.63) is 64.7 Å². The Hall–Kier alpha value is -2.62. The highest BCUT2D eigenvalue weighted by Gasteiger charge is 2.28. The number of para-hydroxylation sites is 1. The van der Waals surface area contributed by atoms with Crippen molar-refractivity contribution in [2.75, 3.05) is 18.4 Å². The summed E-state index contributed by atoms with van der Waals surface area (Å²) in [7, 11) is 0. The Balaban J connectivity index is 1.57. The maximum atomic E-state index is 12.9. The van der Waals surface area contributed by atoms with Crippen molar-refractivity contribution >= 4 is 17.5 Å². The highest BCUT2D eigenvalue weighted by atomic mass is 16.2. The summed E-state index contributed by atoms with van der Waals surface area (Å²) in [6.45, 7) is 7.57. The first-order valence-electron chi connectivity index (χ1n) is 10.8. The molecule has 0 bridgehead atoms. The lowest BCUT2D eigenvalue weighted by Gasteiger charge is -2.32. The van der Waals surface area contributed by atoms with E-state index in [9.17, 15) is 9.59 Å². The number of nitrogens with one attached hydrogen (secondary N) is 1. The van der Waals surface area contributed by atoms with Crippen molar-refractivity contribution < 1.29 is 9.59 Å². The summed E-state index contributed by atoms with van der Waals surface area (Å²) >= 11 is 0. The molecule has 0 atom stereocenters. The van der Waals surface area contributed by atoms with Crippen molar-refractivity contribution in [3.8, 4) is 0 Å². The quantitative estimate of drug-likeness (QED) is 0.785. The van der Waals surface area contributed by atoms with Gasteiger partial charge in [-0.3, -0.25) is 9.59 Å². The Morgan fingerprint density at radius 2 is 1.52 bits per heavy atom. The number of rotatable bonds is 6. The van der Waals surface area contributed by atoms with Gasteiger partial charge in [-0.15, -0.1) is 0 Å². The maximum Gasteiger partial charge on any atom is 0.227 e. The Kier molecular flexibility index (Phi) is 7.08. The largest absolute Gasteiger partial charge is 0.342 e. The second-order valence-corrected chi connectivity index (χ2v) is 7.91. The molecule has 1 N–H and O–H groups in total. The van der Waals surface area contributed by atoms with Gasteiger partial charge in [-0.2, -0.15) is 0 Å². The number of carbonyl (C=O) groups excluding carboxylic acids is 2.